The normalized spacial score (nSPS) is 13.8. The van der Waals surface area contributed by atoms with Gasteiger partial charge in [-0.25, -0.2) is 0 Å². The second-order valence-electron chi connectivity index (χ2n) is 4.43. The van der Waals surface area contributed by atoms with Gasteiger partial charge in [-0.2, -0.15) is 0 Å². The largest absolute Gasteiger partial charge is 0.496 e. The molecule has 0 aliphatic carbocycles. The van der Waals surface area contributed by atoms with Crippen molar-refractivity contribution in [2.45, 2.75) is 0 Å². The van der Waals surface area contributed by atoms with Gasteiger partial charge < -0.3 is 10.1 Å². The molecule has 0 saturated carbocycles. The number of hydrogen-bond acceptors (Lipinski definition) is 3. The van der Waals surface area contributed by atoms with Crippen LogP contribution in [0.5, 0.6) is 5.75 Å². The highest BCUT2D eigenvalue weighted by molar-refractivity contribution is 6.00. The van der Waals surface area contributed by atoms with E-state index >= 15 is 0 Å². The van der Waals surface area contributed by atoms with Crippen molar-refractivity contribution in [3.63, 3.8) is 0 Å². The summed E-state index contributed by atoms with van der Waals surface area (Å²) in [5.74, 6) is 1.89. The molecule has 0 bridgehead atoms. The van der Waals surface area contributed by atoms with Crippen molar-refractivity contribution >= 4 is 5.84 Å². The third-order valence-corrected chi connectivity index (χ3v) is 3.25. The summed E-state index contributed by atoms with van der Waals surface area (Å²) in [5.41, 5.74) is 3.40. The first kappa shape index (κ1) is 11.8. The smallest absolute Gasteiger partial charge is 0.128 e. The number of para-hydroxylation sites is 1. The molecule has 3 heteroatoms. The standard InChI is InChI=1S/C16H16N2O/c1-19-15-5-3-2-4-14(15)12-6-8-13(9-7-12)16-17-10-11-18-16/h2-9H,10-11H2,1H3,(H,17,18). The molecule has 0 atom stereocenters. The molecule has 1 N–H and O–H groups in total. The van der Waals surface area contributed by atoms with E-state index in [0.29, 0.717) is 0 Å². The van der Waals surface area contributed by atoms with Crippen LogP contribution in [0.1, 0.15) is 5.56 Å². The first-order valence-corrected chi connectivity index (χ1v) is 6.40. The Labute approximate surface area is 113 Å². The Morgan fingerprint density at radius 3 is 2.42 bits per heavy atom. The van der Waals surface area contributed by atoms with E-state index in [4.69, 9.17) is 4.74 Å². The van der Waals surface area contributed by atoms with Crippen molar-refractivity contribution in [3.05, 3.63) is 54.1 Å². The summed E-state index contributed by atoms with van der Waals surface area (Å²) in [6, 6.07) is 16.5. The van der Waals surface area contributed by atoms with Crippen LogP contribution in [0, 0.1) is 0 Å². The third-order valence-electron chi connectivity index (χ3n) is 3.25. The zero-order valence-electron chi connectivity index (χ0n) is 10.9. The lowest BCUT2D eigenvalue weighted by Gasteiger charge is -2.09. The molecule has 96 valence electrons. The van der Waals surface area contributed by atoms with E-state index < -0.39 is 0 Å². The predicted octanol–water partition coefficient (Wildman–Crippen LogP) is 2.71. The number of amidine groups is 1. The summed E-state index contributed by atoms with van der Waals surface area (Å²) >= 11 is 0. The predicted molar refractivity (Wildman–Crippen MR) is 77.8 cm³/mol. The van der Waals surface area contributed by atoms with Gasteiger partial charge in [0, 0.05) is 17.7 Å². The fraction of sp³-hybridized carbons (Fsp3) is 0.188. The second kappa shape index (κ2) is 5.14. The Morgan fingerprint density at radius 2 is 1.74 bits per heavy atom. The number of nitrogens with one attached hydrogen (secondary N) is 1. The lowest BCUT2D eigenvalue weighted by Crippen LogP contribution is -2.19. The summed E-state index contributed by atoms with van der Waals surface area (Å²) in [7, 11) is 1.70. The fourth-order valence-corrected chi connectivity index (χ4v) is 2.28. The molecule has 3 nitrogen and oxygen atoms in total. The molecule has 1 heterocycles. The Morgan fingerprint density at radius 1 is 1.00 bits per heavy atom. The summed E-state index contributed by atoms with van der Waals surface area (Å²) in [4.78, 5) is 4.42. The second-order valence-corrected chi connectivity index (χ2v) is 4.43. The molecule has 19 heavy (non-hydrogen) atoms. The van der Waals surface area contributed by atoms with Crippen LogP contribution in [0.4, 0.5) is 0 Å². The fourth-order valence-electron chi connectivity index (χ4n) is 2.28. The van der Waals surface area contributed by atoms with Crippen LogP contribution in [-0.4, -0.2) is 26.0 Å². The highest BCUT2D eigenvalue weighted by Gasteiger charge is 2.09. The number of aliphatic imine (C=N–C) groups is 1. The van der Waals surface area contributed by atoms with Crippen LogP contribution in [0.25, 0.3) is 11.1 Å². The van der Waals surface area contributed by atoms with Gasteiger partial charge in [0.05, 0.1) is 13.7 Å². The SMILES string of the molecule is COc1ccccc1-c1ccc(C2=NCCN2)cc1. The molecule has 3 rings (SSSR count). The molecule has 1 aliphatic heterocycles. The van der Waals surface area contributed by atoms with Gasteiger partial charge in [0.15, 0.2) is 0 Å². The van der Waals surface area contributed by atoms with E-state index in [2.05, 4.69) is 40.6 Å². The lowest BCUT2D eigenvalue weighted by atomic mass is 10.0. The van der Waals surface area contributed by atoms with Crippen molar-refractivity contribution in [1.82, 2.24) is 5.32 Å². The van der Waals surface area contributed by atoms with Crippen molar-refractivity contribution in [2.24, 2.45) is 4.99 Å². The number of benzene rings is 2. The summed E-state index contributed by atoms with van der Waals surface area (Å²) in [6.45, 7) is 1.80. The minimum Gasteiger partial charge on any atom is -0.496 e. The molecule has 0 unspecified atom stereocenters. The number of hydrogen-bond donors (Lipinski definition) is 1. The lowest BCUT2D eigenvalue weighted by molar-refractivity contribution is 0.416. The van der Waals surface area contributed by atoms with Crippen LogP contribution >= 0.6 is 0 Å². The van der Waals surface area contributed by atoms with Gasteiger partial charge in [-0.05, 0) is 11.6 Å². The molecule has 0 radical (unpaired) electrons. The molecule has 1 aliphatic rings. The van der Waals surface area contributed by atoms with Gasteiger partial charge >= 0.3 is 0 Å². The molecule has 0 amide bonds. The van der Waals surface area contributed by atoms with Gasteiger partial charge in [-0.15, -0.1) is 0 Å². The van der Waals surface area contributed by atoms with E-state index in [1.807, 2.05) is 18.2 Å². The zero-order chi connectivity index (χ0) is 13.1. The summed E-state index contributed by atoms with van der Waals surface area (Å²) in [5, 5.41) is 3.28. The monoisotopic (exact) mass is 252 g/mol. The van der Waals surface area contributed by atoms with Crippen molar-refractivity contribution in [2.75, 3.05) is 20.2 Å². The topological polar surface area (TPSA) is 33.6 Å². The van der Waals surface area contributed by atoms with Gasteiger partial charge in [-0.1, -0.05) is 42.5 Å². The van der Waals surface area contributed by atoms with Gasteiger partial charge in [0.1, 0.15) is 11.6 Å². The van der Waals surface area contributed by atoms with E-state index in [0.717, 1.165) is 41.4 Å². The van der Waals surface area contributed by atoms with Crippen LogP contribution in [0.15, 0.2) is 53.5 Å². The summed E-state index contributed by atoms with van der Waals surface area (Å²) in [6.07, 6.45) is 0. The van der Waals surface area contributed by atoms with E-state index in [-0.39, 0.29) is 0 Å². The highest BCUT2D eigenvalue weighted by Crippen LogP contribution is 2.29. The molecule has 0 fully saturated rings. The Kier molecular flexibility index (Phi) is 3.19. The number of rotatable bonds is 3. The Balaban J connectivity index is 1.94. The van der Waals surface area contributed by atoms with E-state index in [1.54, 1.807) is 7.11 Å². The number of nitrogens with zero attached hydrogens (tertiary/aromatic N) is 1. The minimum atomic E-state index is 0.865. The van der Waals surface area contributed by atoms with Crippen LogP contribution in [0.2, 0.25) is 0 Å². The molecular weight excluding hydrogens is 236 g/mol. The summed E-state index contributed by atoms with van der Waals surface area (Å²) < 4.78 is 5.39. The first-order chi connectivity index (χ1) is 9.38. The molecule has 2 aromatic rings. The third kappa shape index (κ3) is 2.32. The average Bonchev–Trinajstić information content (AvgIpc) is 3.02. The maximum absolute atomic E-state index is 5.39. The quantitative estimate of drug-likeness (QED) is 0.911. The molecule has 2 aromatic carbocycles. The average molecular weight is 252 g/mol. The van der Waals surface area contributed by atoms with Crippen molar-refractivity contribution in [1.29, 1.82) is 0 Å². The van der Waals surface area contributed by atoms with Crippen molar-refractivity contribution < 1.29 is 4.74 Å². The van der Waals surface area contributed by atoms with E-state index in [9.17, 15) is 0 Å². The van der Waals surface area contributed by atoms with Crippen LogP contribution < -0.4 is 10.1 Å². The maximum Gasteiger partial charge on any atom is 0.128 e. The Hall–Kier alpha value is -2.29. The van der Waals surface area contributed by atoms with Crippen LogP contribution in [0.3, 0.4) is 0 Å². The van der Waals surface area contributed by atoms with Crippen molar-refractivity contribution in [3.8, 4) is 16.9 Å². The first-order valence-electron chi connectivity index (χ1n) is 6.40. The highest BCUT2D eigenvalue weighted by atomic mass is 16.5. The van der Waals surface area contributed by atoms with E-state index in [1.165, 1.54) is 0 Å². The molecule has 0 aromatic heterocycles. The molecular formula is C16H16N2O. The minimum absolute atomic E-state index is 0.865. The number of ether oxygens (including phenoxy) is 1. The molecule has 0 saturated heterocycles. The number of methoxy groups -OCH3 is 1. The van der Waals surface area contributed by atoms with Gasteiger partial charge in [0.2, 0.25) is 0 Å². The van der Waals surface area contributed by atoms with Gasteiger partial charge in [-0.3, -0.25) is 4.99 Å². The zero-order valence-corrected chi connectivity index (χ0v) is 10.9. The van der Waals surface area contributed by atoms with Gasteiger partial charge in [0.25, 0.3) is 0 Å². The Bertz CT molecular complexity index is 602. The maximum atomic E-state index is 5.39. The van der Waals surface area contributed by atoms with Crippen LogP contribution in [-0.2, 0) is 0 Å². The molecule has 0 spiro atoms.